The summed E-state index contributed by atoms with van der Waals surface area (Å²) in [6.45, 7) is 1.08. The van der Waals surface area contributed by atoms with Crippen LogP contribution in [0.4, 0.5) is 0 Å². The maximum Gasteiger partial charge on any atom is 0.326 e. The van der Waals surface area contributed by atoms with Crippen LogP contribution in [-0.2, 0) is 9.59 Å². The summed E-state index contributed by atoms with van der Waals surface area (Å²) in [6.07, 6.45) is 0. The molecule has 0 saturated heterocycles. The fourth-order valence-electron chi connectivity index (χ4n) is 1.74. The van der Waals surface area contributed by atoms with Gasteiger partial charge in [-0.25, -0.2) is 4.79 Å². The summed E-state index contributed by atoms with van der Waals surface area (Å²) in [7, 11) is 4.30. The largest absolute Gasteiger partial charge is 0.493 e. The van der Waals surface area contributed by atoms with E-state index >= 15 is 0 Å². The van der Waals surface area contributed by atoms with E-state index in [1.54, 1.807) is 6.07 Å². The molecule has 0 aliphatic rings. The van der Waals surface area contributed by atoms with E-state index in [9.17, 15) is 14.4 Å². The smallest absolute Gasteiger partial charge is 0.326 e. The van der Waals surface area contributed by atoms with Gasteiger partial charge in [-0.1, -0.05) is 0 Å². The Morgan fingerprint density at radius 3 is 2.35 bits per heavy atom. The molecule has 8 nitrogen and oxygen atoms in total. The van der Waals surface area contributed by atoms with Gasteiger partial charge in [-0.2, -0.15) is 0 Å². The molecule has 1 rings (SSSR count). The van der Waals surface area contributed by atoms with Crippen LogP contribution in [0.15, 0.2) is 18.2 Å². The van der Waals surface area contributed by atoms with Crippen molar-refractivity contribution in [1.82, 2.24) is 10.2 Å². The van der Waals surface area contributed by atoms with Gasteiger partial charge < -0.3 is 24.8 Å². The third-order valence-electron chi connectivity index (χ3n) is 3.38. The van der Waals surface area contributed by atoms with E-state index in [0.29, 0.717) is 17.1 Å². The van der Waals surface area contributed by atoms with E-state index in [4.69, 9.17) is 14.6 Å². The Balaban J connectivity index is 2.70. The number of hydrogen-bond donors (Lipinski definition) is 2. The first-order valence-electron chi connectivity index (χ1n) is 6.80. The summed E-state index contributed by atoms with van der Waals surface area (Å²) < 4.78 is 10.2. The molecule has 0 bridgehead atoms. The van der Waals surface area contributed by atoms with E-state index in [2.05, 4.69) is 5.32 Å². The number of ether oxygens (including phenoxy) is 2. The zero-order valence-electron chi connectivity index (χ0n) is 13.5. The average molecular weight is 324 g/mol. The van der Waals surface area contributed by atoms with Crippen LogP contribution in [-0.4, -0.2) is 61.6 Å². The monoisotopic (exact) mass is 324 g/mol. The molecular formula is C15H20N2O6. The number of rotatable bonds is 7. The number of nitrogens with one attached hydrogen (secondary N) is 1. The molecule has 0 radical (unpaired) electrons. The van der Waals surface area contributed by atoms with Gasteiger partial charge in [-0.15, -0.1) is 0 Å². The van der Waals surface area contributed by atoms with E-state index < -0.39 is 23.8 Å². The van der Waals surface area contributed by atoms with Crippen molar-refractivity contribution in [2.24, 2.45) is 0 Å². The van der Waals surface area contributed by atoms with Crippen molar-refractivity contribution in [2.45, 2.75) is 13.0 Å². The molecule has 2 amide bonds. The van der Waals surface area contributed by atoms with Gasteiger partial charge in [0.05, 0.1) is 20.8 Å². The first kappa shape index (κ1) is 18.3. The number of amides is 2. The van der Waals surface area contributed by atoms with Gasteiger partial charge in [0, 0.05) is 12.6 Å². The molecule has 0 aliphatic heterocycles. The van der Waals surface area contributed by atoms with Crippen LogP contribution in [0.5, 0.6) is 11.5 Å². The lowest BCUT2D eigenvalue weighted by atomic mass is 10.2. The summed E-state index contributed by atoms with van der Waals surface area (Å²) in [5.74, 6) is -1.23. The van der Waals surface area contributed by atoms with E-state index in [0.717, 1.165) is 4.90 Å². The van der Waals surface area contributed by atoms with E-state index in [1.807, 2.05) is 0 Å². The van der Waals surface area contributed by atoms with Crippen LogP contribution < -0.4 is 14.8 Å². The van der Waals surface area contributed by atoms with Crippen LogP contribution >= 0.6 is 0 Å². The second-order valence-electron chi connectivity index (χ2n) is 4.77. The highest BCUT2D eigenvalue weighted by atomic mass is 16.5. The molecule has 1 aromatic rings. The van der Waals surface area contributed by atoms with Gasteiger partial charge in [0.2, 0.25) is 5.91 Å². The Kier molecular flexibility index (Phi) is 6.37. The lowest BCUT2D eigenvalue weighted by Crippen LogP contribution is -2.45. The Morgan fingerprint density at radius 2 is 1.83 bits per heavy atom. The number of carboxylic acids is 1. The second-order valence-corrected chi connectivity index (χ2v) is 4.77. The molecule has 1 atom stereocenters. The minimum Gasteiger partial charge on any atom is -0.493 e. The zero-order valence-corrected chi connectivity index (χ0v) is 13.5. The van der Waals surface area contributed by atoms with Gasteiger partial charge in [-0.05, 0) is 25.1 Å². The van der Waals surface area contributed by atoms with Crippen LogP contribution in [0.25, 0.3) is 0 Å². The molecule has 23 heavy (non-hydrogen) atoms. The topological polar surface area (TPSA) is 105 Å². The first-order valence-corrected chi connectivity index (χ1v) is 6.80. The van der Waals surface area contributed by atoms with Crippen LogP contribution in [0.3, 0.4) is 0 Å². The fraction of sp³-hybridized carbons (Fsp3) is 0.400. The highest BCUT2D eigenvalue weighted by molar-refractivity contribution is 5.97. The van der Waals surface area contributed by atoms with Crippen molar-refractivity contribution < 1.29 is 29.0 Å². The maximum absolute atomic E-state index is 12.0. The molecule has 1 aromatic carbocycles. The van der Waals surface area contributed by atoms with Crippen molar-refractivity contribution in [1.29, 1.82) is 0 Å². The zero-order chi connectivity index (χ0) is 17.6. The minimum absolute atomic E-state index is 0.296. The van der Waals surface area contributed by atoms with Crippen LogP contribution in [0.1, 0.15) is 17.3 Å². The number of carboxylic acid groups (broad SMARTS) is 1. The van der Waals surface area contributed by atoms with Crippen molar-refractivity contribution in [2.75, 3.05) is 27.8 Å². The highest BCUT2D eigenvalue weighted by Gasteiger charge is 2.22. The predicted molar refractivity (Wildman–Crippen MR) is 81.7 cm³/mol. The van der Waals surface area contributed by atoms with Crippen LogP contribution in [0, 0.1) is 0 Å². The van der Waals surface area contributed by atoms with Crippen molar-refractivity contribution >= 4 is 17.8 Å². The standard InChI is InChI=1S/C15H20N2O6/c1-9(15(20)21)17(2)13(18)8-16-14(19)10-5-6-11(22-3)12(7-10)23-4/h5-7,9H,8H2,1-4H3,(H,16,19)(H,20,21). The third kappa shape index (κ3) is 4.60. The molecule has 0 heterocycles. The molecule has 126 valence electrons. The quantitative estimate of drug-likeness (QED) is 0.750. The summed E-state index contributed by atoms with van der Waals surface area (Å²) in [5, 5.41) is 11.3. The van der Waals surface area contributed by atoms with E-state index in [1.165, 1.54) is 40.3 Å². The number of nitrogens with zero attached hydrogens (tertiary/aromatic N) is 1. The molecule has 0 aliphatic carbocycles. The number of carbonyl (C=O) groups excluding carboxylic acids is 2. The molecule has 0 fully saturated rings. The van der Waals surface area contributed by atoms with E-state index in [-0.39, 0.29) is 6.54 Å². The molecule has 0 spiro atoms. The summed E-state index contributed by atoms with van der Waals surface area (Å²) in [5.41, 5.74) is 0.296. The predicted octanol–water partition coefficient (Wildman–Crippen LogP) is 0.365. The molecule has 0 aromatic heterocycles. The van der Waals surface area contributed by atoms with Crippen molar-refractivity contribution in [3.05, 3.63) is 23.8 Å². The Labute approximate surface area is 134 Å². The number of aliphatic carboxylic acids is 1. The molecule has 1 unspecified atom stereocenters. The second kappa shape index (κ2) is 8.02. The summed E-state index contributed by atoms with van der Waals surface area (Å²) in [6, 6.07) is 3.63. The maximum atomic E-state index is 12.0. The average Bonchev–Trinajstić information content (AvgIpc) is 2.56. The molecule has 8 heteroatoms. The lowest BCUT2D eigenvalue weighted by molar-refractivity contribution is -0.147. The van der Waals surface area contributed by atoms with Crippen molar-refractivity contribution in [3.63, 3.8) is 0 Å². The number of carbonyl (C=O) groups is 3. The molecule has 2 N–H and O–H groups in total. The lowest BCUT2D eigenvalue weighted by Gasteiger charge is -2.21. The Hall–Kier alpha value is -2.77. The third-order valence-corrected chi connectivity index (χ3v) is 3.38. The Bertz CT molecular complexity index is 602. The normalized spacial score (nSPS) is 11.3. The summed E-state index contributed by atoms with van der Waals surface area (Å²) in [4.78, 5) is 35.8. The van der Waals surface area contributed by atoms with Crippen molar-refractivity contribution in [3.8, 4) is 11.5 Å². The Morgan fingerprint density at radius 1 is 1.22 bits per heavy atom. The number of likely N-dealkylation sites (N-methyl/N-ethyl adjacent to an activating group) is 1. The van der Waals surface area contributed by atoms with Gasteiger partial charge in [0.1, 0.15) is 6.04 Å². The van der Waals surface area contributed by atoms with Gasteiger partial charge in [0.15, 0.2) is 11.5 Å². The van der Waals surface area contributed by atoms with Gasteiger partial charge in [-0.3, -0.25) is 9.59 Å². The number of benzene rings is 1. The molecular weight excluding hydrogens is 304 g/mol. The SMILES string of the molecule is COc1ccc(C(=O)NCC(=O)N(C)C(C)C(=O)O)cc1OC. The summed E-state index contributed by atoms with van der Waals surface area (Å²) >= 11 is 0. The fourth-order valence-corrected chi connectivity index (χ4v) is 1.74. The van der Waals surface area contributed by atoms with Gasteiger partial charge in [0.25, 0.3) is 5.91 Å². The number of hydrogen-bond acceptors (Lipinski definition) is 5. The minimum atomic E-state index is -1.12. The number of methoxy groups -OCH3 is 2. The van der Waals surface area contributed by atoms with Gasteiger partial charge >= 0.3 is 5.97 Å². The highest BCUT2D eigenvalue weighted by Crippen LogP contribution is 2.27. The molecule has 0 saturated carbocycles. The first-order chi connectivity index (χ1) is 10.8. The van der Waals surface area contributed by atoms with Crippen LogP contribution in [0.2, 0.25) is 0 Å².